The summed E-state index contributed by atoms with van der Waals surface area (Å²) >= 11 is 0. The normalized spacial score (nSPS) is 12.1. The molecule has 0 aliphatic rings. The van der Waals surface area contributed by atoms with Gasteiger partial charge in [-0.2, -0.15) is 5.10 Å². The number of hydrogen-bond acceptors (Lipinski definition) is 4. The molecule has 7 nitrogen and oxygen atoms in total. The minimum Gasteiger partial charge on any atom is -0.463 e. The second kappa shape index (κ2) is 6.94. The Morgan fingerprint density at radius 1 is 1.57 bits per heavy atom. The maximum absolute atomic E-state index is 12.0. The molecule has 7 heteroatoms. The molecule has 1 atom stereocenters. The first-order chi connectivity index (χ1) is 10.1. The Bertz CT molecular complexity index is 577. The van der Waals surface area contributed by atoms with Crippen molar-refractivity contribution in [2.75, 3.05) is 19.0 Å². The van der Waals surface area contributed by atoms with Crippen LogP contribution in [-0.4, -0.2) is 35.6 Å². The van der Waals surface area contributed by atoms with Gasteiger partial charge in [-0.3, -0.25) is 10.00 Å². The molecular formula is C14H20N4O3. The van der Waals surface area contributed by atoms with Gasteiger partial charge in [0.2, 0.25) is 0 Å². The van der Waals surface area contributed by atoms with E-state index >= 15 is 0 Å². The maximum Gasteiger partial charge on any atom is 0.320 e. The number of aryl methyl sites for hydroxylation is 1. The zero-order valence-corrected chi connectivity index (χ0v) is 12.4. The number of nitrogens with zero attached hydrogens (tertiary/aromatic N) is 2. The number of rotatable bonds is 6. The monoisotopic (exact) mass is 292 g/mol. The second-order valence-corrected chi connectivity index (χ2v) is 4.67. The Hall–Kier alpha value is -2.28. The predicted molar refractivity (Wildman–Crippen MR) is 79.0 cm³/mol. The molecule has 2 heterocycles. The highest BCUT2D eigenvalue weighted by Gasteiger charge is 2.14. The number of furan rings is 1. The minimum atomic E-state index is -0.284. The first kappa shape index (κ1) is 15.1. The molecule has 0 radical (unpaired) electrons. The Morgan fingerprint density at radius 2 is 2.38 bits per heavy atom. The van der Waals surface area contributed by atoms with E-state index in [1.807, 2.05) is 13.0 Å². The molecule has 0 aliphatic heterocycles. The van der Waals surface area contributed by atoms with Gasteiger partial charge in [-0.25, -0.2) is 4.79 Å². The first-order valence-electron chi connectivity index (χ1n) is 6.78. The molecule has 2 rings (SSSR count). The van der Waals surface area contributed by atoms with E-state index in [9.17, 15) is 4.79 Å². The quantitative estimate of drug-likeness (QED) is 0.855. The summed E-state index contributed by atoms with van der Waals surface area (Å²) in [6.07, 6.45) is 2.38. The molecule has 0 bridgehead atoms. The van der Waals surface area contributed by atoms with Crippen LogP contribution < -0.4 is 10.6 Å². The number of carbonyl (C=O) groups excluding carboxylic acids is 1. The molecule has 2 amide bonds. The highest BCUT2D eigenvalue weighted by molar-refractivity contribution is 5.89. The Morgan fingerprint density at radius 3 is 3.00 bits per heavy atom. The molecule has 0 aromatic carbocycles. The number of methoxy groups -OCH3 is 1. The molecule has 0 aliphatic carbocycles. The van der Waals surface area contributed by atoms with E-state index in [4.69, 9.17) is 9.15 Å². The molecule has 2 aromatic rings. The summed E-state index contributed by atoms with van der Waals surface area (Å²) in [5.41, 5.74) is 0.668. The third-order valence-corrected chi connectivity index (χ3v) is 3.09. The average Bonchev–Trinajstić information content (AvgIpc) is 3.09. The van der Waals surface area contributed by atoms with Gasteiger partial charge in [0, 0.05) is 20.2 Å². The van der Waals surface area contributed by atoms with E-state index in [0.29, 0.717) is 23.9 Å². The van der Waals surface area contributed by atoms with Gasteiger partial charge in [-0.15, -0.1) is 0 Å². The van der Waals surface area contributed by atoms with Gasteiger partial charge < -0.3 is 14.5 Å². The van der Waals surface area contributed by atoms with Gasteiger partial charge in [0.1, 0.15) is 11.5 Å². The fourth-order valence-corrected chi connectivity index (χ4v) is 1.93. The summed E-state index contributed by atoms with van der Waals surface area (Å²) in [4.78, 5) is 12.0. The van der Waals surface area contributed by atoms with E-state index in [-0.39, 0.29) is 12.1 Å². The third-order valence-electron chi connectivity index (χ3n) is 3.09. The van der Waals surface area contributed by atoms with E-state index in [1.165, 1.54) is 0 Å². The van der Waals surface area contributed by atoms with Crippen molar-refractivity contribution >= 4 is 11.8 Å². The summed E-state index contributed by atoms with van der Waals surface area (Å²) < 4.78 is 11.9. The van der Waals surface area contributed by atoms with Gasteiger partial charge in [-0.05, 0) is 18.6 Å². The maximum atomic E-state index is 12.0. The van der Waals surface area contributed by atoms with Crippen LogP contribution in [0.2, 0.25) is 0 Å². The average molecular weight is 292 g/mol. The second-order valence-electron chi connectivity index (χ2n) is 4.67. The molecule has 1 unspecified atom stereocenters. The standard InChI is InChI=1S/C14H20N4O3/c1-4-10(9-20-3)15-14(19)16-13-8-11(17-18(13)2)12-6-5-7-21-12/h5-8,10H,4,9H2,1-3H3,(H2,15,16,19). The number of ether oxygens (including phenoxy) is 1. The van der Waals surface area contributed by atoms with E-state index in [1.54, 1.807) is 37.2 Å². The molecule has 21 heavy (non-hydrogen) atoms. The van der Waals surface area contributed by atoms with Crippen molar-refractivity contribution in [1.29, 1.82) is 0 Å². The Labute approximate surface area is 123 Å². The summed E-state index contributed by atoms with van der Waals surface area (Å²) in [5.74, 6) is 1.25. The van der Waals surface area contributed by atoms with Crippen molar-refractivity contribution < 1.29 is 13.9 Å². The lowest BCUT2D eigenvalue weighted by atomic mass is 10.2. The molecule has 2 N–H and O–H groups in total. The number of aromatic nitrogens is 2. The van der Waals surface area contributed by atoms with Crippen LogP contribution in [0.4, 0.5) is 10.6 Å². The number of amides is 2. The van der Waals surface area contributed by atoms with Crippen molar-refractivity contribution in [2.24, 2.45) is 7.05 Å². The van der Waals surface area contributed by atoms with Gasteiger partial charge >= 0.3 is 6.03 Å². The number of hydrogen-bond donors (Lipinski definition) is 2. The van der Waals surface area contributed by atoms with Crippen LogP contribution in [0.25, 0.3) is 11.5 Å². The SMILES string of the molecule is CCC(COC)NC(=O)Nc1cc(-c2ccco2)nn1C. The fourth-order valence-electron chi connectivity index (χ4n) is 1.93. The Kier molecular flexibility index (Phi) is 4.99. The zero-order chi connectivity index (χ0) is 15.2. The van der Waals surface area contributed by atoms with Crippen LogP contribution in [0.5, 0.6) is 0 Å². The number of nitrogens with one attached hydrogen (secondary N) is 2. The van der Waals surface area contributed by atoms with E-state index in [0.717, 1.165) is 6.42 Å². The molecule has 0 fully saturated rings. The first-order valence-corrected chi connectivity index (χ1v) is 6.78. The number of anilines is 1. The predicted octanol–water partition coefficient (Wildman–Crippen LogP) is 2.23. The zero-order valence-electron chi connectivity index (χ0n) is 12.4. The van der Waals surface area contributed by atoms with Gasteiger partial charge in [-0.1, -0.05) is 6.92 Å². The van der Waals surface area contributed by atoms with E-state index in [2.05, 4.69) is 15.7 Å². The van der Waals surface area contributed by atoms with Crippen LogP contribution >= 0.6 is 0 Å². The highest BCUT2D eigenvalue weighted by Crippen LogP contribution is 2.21. The van der Waals surface area contributed by atoms with Crippen LogP contribution in [0, 0.1) is 0 Å². The van der Waals surface area contributed by atoms with E-state index < -0.39 is 0 Å². The smallest absolute Gasteiger partial charge is 0.320 e. The molecule has 0 saturated carbocycles. The molecule has 2 aromatic heterocycles. The third kappa shape index (κ3) is 3.85. The number of urea groups is 1. The van der Waals surface area contributed by atoms with Gasteiger partial charge in [0.05, 0.1) is 18.9 Å². The highest BCUT2D eigenvalue weighted by atomic mass is 16.5. The summed E-state index contributed by atoms with van der Waals surface area (Å²) in [7, 11) is 3.37. The molecule has 0 spiro atoms. The van der Waals surface area contributed by atoms with Crippen LogP contribution in [0.1, 0.15) is 13.3 Å². The van der Waals surface area contributed by atoms with Gasteiger partial charge in [0.15, 0.2) is 5.76 Å². The van der Waals surface area contributed by atoms with Crippen molar-refractivity contribution in [3.63, 3.8) is 0 Å². The number of carbonyl (C=O) groups is 1. The van der Waals surface area contributed by atoms with Crippen LogP contribution in [-0.2, 0) is 11.8 Å². The van der Waals surface area contributed by atoms with Gasteiger partial charge in [0.25, 0.3) is 0 Å². The fraction of sp³-hybridized carbons (Fsp3) is 0.429. The van der Waals surface area contributed by atoms with Crippen LogP contribution in [0.15, 0.2) is 28.9 Å². The lowest BCUT2D eigenvalue weighted by molar-refractivity contribution is 0.165. The topological polar surface area (TPSA) is 81.3 Å². The molecular weight excluding hydrogens is 272 g/mol. The lowest BCUT2D eigenvalue weighted by Gasteiger charge is -2.16. The van der Waals surface area contributed by atoms with Crippen molar-refractivity contribution in [2.45, 2.75) is 19.4 Å². The summed E-state index contributed by atoms with van der Waals surface area (Å²) in [5, 5.41) is 9.91. The van der Waals surface area contributed by atoms with Crippen molar-refractivity contribution in [1.82, 2.24) is 15.1 Å². The Balaban J connectivity index is 2.01. The summed E-state index contributed by atoms with van der Waals surface area (Å²) in [6, 6.07) is 5.06. The molecule has 114 valence electrons. The molecule has 0 saturated heterocycles. The minimum absolute atomic E-state index is 0.0206. The lowest BCUT2D eigenvalue weighted by Crippen LogP contribution is -2.40. The van der Waals surface area contributed by atoms with Crippen molar-refractivity contribution in [3.05, 3.63) is 24.5 Å². The largest absolute Gasteiger partial charge is 0.463 e. The summed E-state index contributed by atoms with van der Waals surface area (Å²) in [6.45, 7) is 2.47. The van der Waals surface area contributed by atoms with Crippen LogP contribution in [0.3, 0.4) is 0 Å². The van der Waals surface area contributed by atoms with Crippen molar-refractivity contribution in [3.8, 4) is 11.5 Å².